The average Bonchev–Trinajstić information content (AvgIpc) is 3.62. The molecule has 3 fully saturated rings. The number of nitrogens with one attached hydrogen (secondary N) is 2. The second-order valence-electron chi connectivity index (χ2n) is 14.6. The summed E-state index contributed by atoms with van der Waals surface area (Å²) in [5, 5.41) is 17.6. The molecule has 6 unspecified atom stereocenters. The zero-order valence-electron chi connectivity index (χ0n) is 30.0. The highest BCUT2D eigenvalue weighted by Gasteiger charge is 2.62. The van der Waals surface area contributed by atoms with Gasteiger partial charge in [-0.05, 0) is 109 Å². The second-order valence-corrected chi connectivity index (χ2v) is 14.6. The van der Waals surface area contributed by atoms with Crippen LogP contribution in [0.25, 0.3) is 0 Å². The first-order chi connectivity index (χ1) is 26.8. The summed E-state index contributed by atoms with van der Waals surface area (Å²) in [4.78, 5) is 60.1. The van der Waals surface area contributed by atoms with Crippen LogP contribution in [0.1, 0.15) is 24.3 Å². The SMILES string of the molecule is COc1ccc(C2C3=CCC4C(=O)N(c5ccc(Nc6ccccc6)cc5)C(=O)C4C3CC3C(=O)N(c4ccc(Nc5ccccc5)cc4)C(=O)C32)cc1O. The molecule has 4 amide bonds. The Bertz CT molecular complexity index is 2350. The highest BCUT2D eigenvalue weighted by atomic mass is 16.5. The summed E-state index contributed by atoms with van der Waals surface area (Å²) in [5.41, 5.74) is 5.87. The number of amides is 4. The van der Waals surface area contributed by atoms with Crippen molar-refractivity contribution in [2.75, 3.05) is 27.5 Å². The van der Waals surface area contributed by atoms with Crippen LogP contribution in [0, 0.1) is 29.6 Å². The van der Waals surface area contributed by atoms with E-state index >= 15 is 0 Å². The molecule has 0 aromatic heterocycles. The van der Waals surface area contributed by atoms with E-state index in [9.17, 15) is 24.3 Å². The minimum atomic E-state index is -0.769. The number of carbonyl (C=O) groups is 4. The van der Waals surface area contributed by atoms with Gasteiger partial charge in [0, 0.05) is 28.7 Å². The molecule has 0 radical (unpaired) electrons. The fourth-order valence-corrected chi connectivity index (χ4v) is 9.14. The number of nitrogens with zero attached hydrogens (tertiary/aromatic N) is 2. The number of anilines is 6. The first-order valence-corrected chi connectivity index (χ1v) is 18.5. The van der Waals surface area contributed by atoms with Gasteiger partial charge in [0.2, 0.25) is 23.6 Å². The minimum absolute atomic E-state index is 0.0911. The summed E-state index contributed by atoms with van der Waals surface area (Å²) in [6, 6.07) is 38.8. The van der Waals surface area contributed by atoms with E-state index in [0.717, 1.165) is 28.3 Å². The van der Waals surface area contributed by atoms with Gasteiger partial charge in [-0.3, -0.25) is 29.0 Å². The molecule has 2 aliphatic carbocycles. The Hall–Kier alpha value is -6.68. The van der Waals surface area contributed by atoms with E-state index in [1.165, 1.54) is 16.9 Å². The molecule has 3 N–H and O–H groups in total. The lowest BCUT2D eigenvalue weighted by Gasteiger charge is -2.44. The summed E-state index contributed by atoms with van der Waals surface area (Å²) in [6.45, 7) is 0. The van der Waals surface area contributed by atoms with Crippen molar-refractivity contribution in [2.24, 2.45) is 29.6 Å². The van der Waals surface area contributed by atoms with E-state index < -0.39 is 35.5 Å². The van der Waals surface area contributed by atoms with Gasteiger partial charge in [0.15, 0.2) is 11.5 Å². The highest BCUT2D eigenvalue weighted by Crippen LogP contribution is 2.59. The first-order valence-electron chi connectivity index (χ1n) is 18.5. The van der Waals surface area contributed by atoms with Crippen LogP contribution in [0.5, 0.6) is 11.5 Å². The minimum Gasteiger partial charge on any atom is -0.504 e. The van der Waals surface area contributed by atoms with E-state index in [1.807, 2.05) is 91.0 Å². The smallest absolute Gasteiger partial charge is 0.238 e. The number of allylic oxidation sites excluding steroid dienone is 2. The largest absolute Gasteiger partial charge is 0.504 e. The summed E-state index contributed by atoms with van der Waals surface area (Å²) in [6.07, 6.45) is 2.57. The number of rotatable bonds is 8. The number of fused-ring (bicyclic) bond motifs is 4. The number of hydrogen-bond donors (Lipinski definition) is 3. The molecule has 9 rings (SSSR count). The number of ether oxygens (including phenoxy) is 1. The zero-order chi connectivity index (χ0) is 37.8. The number of phenolic OH excluding ortho intramolecular Hbond substituents is 1. The Morgan fingerprint density at radius 1 is 0.582 bits per heavy atom. The normalized spacial score (nSPS) is 24.2. The van der Waals surface area contributed by atoms with Crippen LogP contribution < -0.4 is 25.2 Å². The summed E-state index contributed by atoms with van der Waals surface area (Å²) >= 11 is 0. The quantitative estimate of drug-likeness (QED) is 0.109. The number of phenols is 1. The molecule has 1 saturated carbocycles. The van der Waals surface area contributed by atoms with Gasteiger partial charge in [-0.1, -0.05) is 54.1 Å². The molecular formula is C45H38N4O6. The van der Waals surface area contributed by atoms with Gasteiger partial charge in [-0.15, -0.1) is 0 Å². The number of methoxy groups -OCH3 is 1. The molecule has 0 spiro atoms. The predicted molar refractivity (Wildman–Crippen MR) is 209 cm³/mol. The van der Waals surface area contributed by atoms with Gasteiger partial charge in [-0.2, -0.15) is 0 Å². The van der Waals surface area contributed by atoms with Crippen LogP contribution in [-0.4, -0.2) is 35.8 Å². The fraction of sp³-hybridized carbons (Fsp3) is 0.200. The maximum atomic E-state index is 14.6. The maximum Gasteiger partial charge on any atom is 0.238 e. The topological polar surface area (TPSA) is 128 Å². The van der Waals surface area contributed by atoms with E-state index in [0.29, 0.717) is 23.4 Å². The monoisotopic (exact) mass is 730 g/mol. The van der Waals surface area contributed by atoms with Gasteiger partial charge in [0.25, 0.3) is 0 Å². The molecule has 10 nitrogen and oxygen atoms in total. The molecule has 2 aliphatic heterocycles. The van der Waals surface area contributed by atoms with E-state index in [4.69, 9.17) is 4.74 Å². The van der Waals surface area contributed by atoms with Crippen molar-refractivity contribution >= 4 is 57.8 Å². The molecule has 2 saturated heterocycles. The Labute approximate surface area is 318 Å². The van der Waals surface area contributed by atoms with Crippen LogP contribution in [0.2, 0.25) is 0 Å². The molecule has 5 aromatic carbocycles. The van der Waals surface area contributed by atoms with Crippen molar-refractivity contribution in [1.82, 2.24) is 0 Å². The third kappa shape index (κ3) is 5.81. The van der Waals surface area contributed by atoms with Crippen molar-refractivity contribution in [3.05, 3.63) is 145 Å². The number of hydrogen-bond acceptors (Lipinski definition) is 8. The third-order valence-corrected chi connectivity index (χ3v) is 11.6. The molecule has 5 aromatic rings. The summed E-state index contributed by atoms with van der Waals surface area (Å²) < 4.78 is 5.32. The van der Waals surface area contributed by atoms with Crippen molar-refractivity contribution in [3.63, 3.8) is 0 Å². The van der Waals surface area contributed by atoms with Gasteiger partial charge >= 0.3 is 0 Å². The lowest BCUT2D eigenvalue weighted by atomic mass is 9.57. The molecule has 274 valence electrons. The number of imide groups is 2. The van der Waals surface area contributed by atoms with Crippen LogP contribution in [-0.2, 0) is 19.2 Å². The Morgan fingerprint density at radius 2 is 1.09 bits per heavy atom. The van der Waals surface area contributed by atoms with Gasteiger partial charge in [0.1, 0.15) is 0 Å². The van der Waals surface area contributed by atoms with Crippen molar-refractivity contribution in [2.45, 2.75) is 18.8 Å². The van der Waals surface area contributed by atoms with Gasteiger partial charge < -0.3 is 20.5 Å². The van der Waals surface area contributed by atoms with E-state index in [-0.39, 0.29) is 41.5 Å². The van der Waals surface area contributed by atoms with Crippen molar-refractivity contribution < 1.29 is 29.0 Å². The van der Waals surface area contributed by atoms with E-state index in [1.54, 1.807) is 42.5 Å². The summed E-state index contributed by atoms with van der Waals surface area (Å²) in [7, 11) is 1.46. The number of benzene rings is 5. The van der Waals surface area contributed by atoms with Crippen LogP contribution in [0.3, 0.4) is 0 Å². The highest BCUT2D eigenvalue weighted by molar-refractivity contribution is 6.24. The predicted octanol–water partition coefficient (Wildman–Crippen LogP) is 7.93. The molecule has 2 heterocycles. The lowest BCUT2D eigenvalue weighted by molar-refractivity contribution is -0.126. The Kier molecular flexibility index (Phi) is 8.45. The molecule has 0 bridgehead atoms. The van der Waals surface area contributed by atoms with Crippen molar-refractivity contribution in [3.8, 4) is 11.5 Å². The standard InChI is InChI=1S/C45H38N4O6/c1-55-38-23-12-26(24-37(38)50)39-33-21-22-34-40(44(53)48(42(34)51)31-17-13-29(14-18-31)46-27-8-4-2-5-9-27)35(33)25-36-41(39)45(54)49(43(36)52)32-19-15-30(16-20-32)47-28-10-6-3-7-11-28/h2-21,23-24,34-36,39-41,46-47,50H,22,25H2,1H3. The van der Waals surface area contributed by atoms with Crippen LogP contribution in [0.15, 0.2) is 139 Å². The molecule has 4 aliphatic rings. The molecular weight excluding hydrogens is 693 g/mol. The van der Waals surface area contributed by atoms with E-state index in [2.05, 4.69) is 10.6 Å². The van der Waals surface area contributed by atoms with Crippen molar-refractivity contribution in [1.29, 1.82) is 0 Å². The fourth-order valence-electron chi connectivity index (χ4n) is 9.14. The van der Waals surface area contributed by atoms with Crippen LogP contribution in [0.4, 0.5) is 34.1 Å². The lowest BCUT2D eigenvalue weighted by Crippen LogP contribution is -2.43. The Balaban J connectivity index is 1.04. The first kappa shape index (κ1) is 34.1. The maximum absolute atomic E-state index is 14.6. The van der Waals surface area contributed by atoms with Gasteiger partial charge in [-0.25, -0.2) is 0 Å². The number of carbonyl (C=O) groups excluding carboxylic acids is 4. The number of aromatic hydroxyl groups is 1. The zero-order valence-corrected chi connectivity index (χ0v) is 30.0. The summed E-state index contributed by atoms with van der Waals surface area (Å²) in [5.74, 6) is -4.95. The molecule has 55 heavy (non-hydrogen) atoms. The van der Waals surface area contributed by atoms with Gasteiger partial charge in [0.05, 0.1) is 42.2 Å². The third-order valence-electron chi connectivity index (χ3n) is 11.6. The van der Waals surface area contributed by atoms with Crippen LogP contribution >= 0.6 is 0 Å². The average molecular weight is 731 g/mol. The number of para-hydroxylation sites is 2. The molecule has 10 heteroatoms. The molecule has 6 atom stereocenters. The second kappa shape index (κ2) is 13.6. The Morgan fingerprint density at radius 3 is 1.62 bits per heavy atom.